The van der Waals surface area contributed by atoms with Crippen molar-refractivity contribution in [3.8, 4) is 5.75 Å². The molecule has 0 amide bonds. The highest BCUT2D eigenvalue weighted by atomic mass is 19.3. The fourth-order valence-electron chi connectivity index (χ4n) is 4.86. The van der Waals surface area contributed by atoms with Crippen molar-refractivity contribution in [2.45, 2.75) is 52.7 Å². The number of anilines is 1. The maximum Gasteiger partial charge on any atom is 0.387 e. The topological polar surface area (TPSA) is 21.3 Å². The molecule has 142 valence electrons. The highest BCUT2D eigenvalue weighted by Gasteiger charge is 2.37. The molecule has 2 unspecified atom stereocenters. The standard InChI is InChI=1S/C22H29F2NO/c1-15-12-16(14-22(2,3)13-15)19-6-4-5-7-20(19)25-17-8-10-18(11-9-17)26-21(23)24/h4-11,15-16,19-21,25H,12-14H2,1-3H3/t15-,16+,19?,20?/m1/s1. The molecule has 2 nitrogen and oxygen atoms in total. The van der Waals surface area contributed by atoms with E-state index in [2.05, 4.69) is 55.1 Å². The van der Waals surface area contributed by atoms with Crippen LogP contribution in [0.25, 0.3) is 0 Å². The lowest BCUT2D eigenvalue weighted by atomic mass is 9.63. The first kappa shape index (κ1) is 18.9. The lowest BCUT2D eigenvalue weighted by Crippen LogP contribution is -2.38. The summed E-state index contributed by atoms with van der Waals surface area (Å²) in [6.45, 7) is 4.33. The molecule has 0 aromatic heterocycles. The van der Waals surface area contributed by atoms with E-state index in [1.165, 1.54) is 19.3 Å². The average Bonchev–Trinajstić information content (AvgIpc) is 2.55. The summed E-state index contributed by atoms with van der Waals surface area (Å²) in [5, 5.41) is 3.57. The molecule has 1 aromatic carbocycles. The summed E-state index contributed by atoms with van der Waals surface area (Å²) >= 11 is 0. The Morgan fingerprint density at radius 2 is 1.77 bits per heavy atom. The van der Waals surface area contributed by atoms with Gasteiger partial charge in [0.2, 0.25) is 0 Å². The van der Waals surface area contributed by atoms with Gasteiger partial charge >= 0.3 is 6.61 Å². The van der Waals surface area contributed by atoms with E-state index in [4.69, 9.17) is 0 Å². The molecule has 0 aliphatic heterocycles. The molecular formula is C22H29F2NO. The van der Waals surface area contributed by atoms with Crippen molar-refractivity contribution in [1.29, 1.82) is 0 Å². The molecule has 0 radical (unpaired) electrons. The van der Waals surface area contributed by atoms with E-state index in [0.717, 1.165) is 11.6 Å². The van der Waals surface area contributed by atoms with Crippen LogP contribution in [0.3, 0.4) is 0 Å². The third-order valence-electron chi connectivity index (χ3n) is 5.56. The molecule has 2 aliphatic carbocycles. The van der Waals surface area contributed by atoms with Gasteiger partial charge in [0.05, 0.1) is 6.04 Å². The lowest BCUT2D eigenvalue weighted by Gasteiger charge is -2.44. The lowest BCUT2D eigenvalue weighted by molar-refractivity contribution is -0.0498. The first-order valence-electron chi connectivity index (χ1n) is 9.49. The Morgan fingerprint density at radius 1 is 1.08 bits per heavy atom. The van der Waals surface area contributed by atoms with Crippen molar-refractivity contribution < 1.29 is 13.5 Å². The van der Waals surface area contributed by atoms with E-state index in [9.17, 15) is 8.78 Å². The van der Waals surface area contributed by atoms with E-state index in [1.807, 2.05) is 0 Å². The van der Waals surface area contributed by atoms with Crippen molar-refractivity contribution in [2.24, 2.45) is 23.2 Å². The molecule has 0 heterocycles. The molecule has 1 fully saturated rings. The molecule has 4 atom stereocenters. The van der Waals surface area contributed by atoms with Crippen molar-refractivity contribution in [2.75, 3.05) is 5.32 Å². The van der Waals surface area contributed by atoms with Crippen LogP contribution in [0.4, 0.5) is 14.5 Å². The number of hydrogen-bond acceptors (Lipinski definition) is 2. The van der Waals surface area contributed by atoms with Crippen molar-refractivity contribution in [1.82, 2.24) is 0 Å². The second kappa shape index (κ2) is 7.81. The largest absolute Gasteiger partial charge is 0.435 e. The molecule has 1 saturated carbocycles. The molecule has 0 bridgehead atoms. The molecule has 1 N–H and O–H groups in total. The Hall–Kier alpha value is -1.84. The number of hydrogen-bond donors (Lipinski definition) is 1. The predicted octanol–water partition coefficient (Wildman–Crippen LogP) is 6.27. The summed E-state index contributed by atoms with van der Waals surface area (Å²) in [4.78, 5) is 0. The third kappa shape index (κ3) is 4.87. The first-order chi connectivity index (χ1) is 12.3. The summed E-state index contributed by atoms with van der Waals surface area (Å²) in [5.41, 5.74) is 1.31. The molecular weight excluding hydrogens is 332 g/mol. The van der Waals surface area contributed by atoms with E-state index in [0.29, 0.717) is 17.3 Å². The van der Waals surface area contributed by atoms with E-state index >= 15 is 0 Å². The Morgan fingerprint density at radius 3 is 2.42 bits per heavy atom. The van der Waals surface area contributed by atoms with Gasteiger partial charge in [-0.15, -0.1) is 0 Å². The van der Waals surface area contributed by atoms with Gasteiger partial charge in [0.15, 0.2) is 0 Å². The van der Waals surface area contributed by atoms with Gasteiger partial charge in [-0.3, -0.25) is 0 Å². The third-order valence-corrected chi connectivity index (χ3v) is 5.56. The molecule has 0 saturated heterocycles. The van der Waals surface area contributed by atoms with Gasteiger partial charge in [-0.2, -0.15) is 8.78 Å². The van der Waals surface area contributed by atoms with Crippen LogP contribution in [0.2, 0.25) is 0 Å². The molecule has 0 spiro atoms. The predicted molar refractivity (Wildman–Crippen MR) is 103 cm³/mol. The number of benzene rings is 1. The Balaban J connectivity index is 1.69. The number of alkyl halides is 2. The molecule has 4 heteroatoms. The number of halogens is 2. The van der Waals surface area contributed by atoms with Crippen LogP contribution < -0.4 is 10.1 Å². The van der Waals surface area contributed by atoms with Crippen LogP contribution in [0, 0.1) is 23.2 Å². The maximum atomic E-state index is 12.3. The van der Waals surface area contributed by atoms with Crippen LogP contribution in [-0.4, -0.2) is 12.7 Å². The van der Waals surface area contributed by atoms with Gasteiger partial charge in [0.25, 0.3) is 0 Å². The SMILES string of the molecule is C[C@@H]1C[C@H](C2C=CC=CC2Nc2ccc(OC(F)F)cc2)CC(C)(C)C1. The van der Waals surface area contributed by atoms with Crippen LogP contribution in [0.15, 0.2) is 48.6 Å². The van der Waals surface area contributed by atoms with Gasteiger partial charge in [-0.1, -0.05) is 45.1 Å². The Kier molecular flexibility index (Phi) is 5.69. The molecule has 1 aromatic rings. The summed E-state index contributed by atoms with van der Waals surface area (Å²) in [6.07, 6.45) is 12.5. The highest BCUT2D eigenvalue weighted by Crippen LogP contribution is 2.46. The van der Waals surface area contributed by atoms with Gasteiger partial charge in [0, 0.05) is 11.6 Å². The normalized spacial score (nSPS) is 30.4. The Labute approximate surface area is 155 Å². The molecule has 2 aliphatic rings. The monoisotopic (exact) mass is 361 g/mol. The van der Waals surface area contributed by atoms with Crippen molar-refractivity contribution >= 4 is 5.69 Å². The maximum absolute atomic E-state index is 12.3. The van der Waals surface area contributed by atoms with Crippen LogP contribution in [0.5, 0.6) is 5.75 Å². The zero-order valence-electron chi connectivity index (χ0n) is 15.8. The summed E-state index contributed by atoms with van der Waals surface area (Å²) in [7, 11) is 0. The fourth-order valence-corrected chi connectivity index (χ4v) is 4.86. The summed E-state index contributed by atoms with van der Waals surface area (Å²) in [6, 6.07) is 6.98. The van der Waals surface area contributed by atoms with Crippen LogP contribution in [-0.2, 0) is 0 Å². The number of allylic oxidation sites excluding steroid dienone is 2. The minimum atomic E-state index is -2.79. The highest BCUT2D eigenvalue weighted by molar-refractivity contribution is 5.48. The number of ether oxygens (including phenoxy) is 1. The van der Waals surface area contributed by atoms with Crippen LogP contribution in [0.1, 0.15) is 40.0 Å². The van der Waals surface area contributed by atoms with E-state index in [1.54, 1.807) is 24.3 Å². The van der Waals surface area contributed by atoms with Crippen molar-refractivity contribution in [3.05, 3.63) is 48.6 Å². The number of rotatable bonds is 5. The van der Waals surface area contributed by atoms with Gasteiger partial charge in [-0.25, -0.2) is 0 Å². The Bertz CT molecular complexity index is 651. The number of nitrogens with one attached hydrogen (secondary N) is 1. The van der Waals surface area contributed by atoms with Gasteiger partial charge in [-0.05, 0) is 60.8 Å². The van der Waals surface area contributed by atoms with Crippen molar-refractivity contribution in [3.63, 3.8) is 0 Å². The average molecular weight is 361 g/mol. The molecule has 26 heavy (non-hydrogen) atoms. The zero-order valence-corrected chi connectivity index (χ0v) is 15.8. The van der Waals surface area contributed by atoms with Gasteiger partial charge < -0.3 is 10.1 Å². The van der Waals surface area contributed by atoms with Gasteiger partial charge in [0.1, 0.15) is 5.75 Å². The zero-order chi connectivity index (χ0) is 18.7. The van der Waals surface area contributed by atoms with E-state index < -0.39 is 6.61 Å². The first-order valence-corrected chi connectivity index (χ1v) is 9.49. The minimum Gasteiger partial charge on any atom is -0.435 e. The second-order valence-corrected chi connectivity index (χ2v) is 8.59. The summed E-state index contributed by atoms with van der Waals surface area (Å²) in [5.74, 6) is 2.02. The quantitative estimate of drug-likeness (QED) is 0.667. The second-order valence-electron chi connectivity index (χ2n) is 8.59. The minimum absolute atomic E-state index is 0.184. The smallest absolute Gasteiger partial charge is 0.387 e. The molecule has 3 rings (SSSR count). The fraction of sp³-hybridized carbons (Fsp3) is 0.545. The van der Waals surface area contributed by atoms with E-state index in [-0.39, 0.29) is 11.8 Å². The summed E-state index contributed by atoms with van der Waals surface area (Å²) < 4.78 is 29.0. The van der Waals surface area contributed by atoms with Crippen LogP contribution >= 0.6 is 0 Å².